The fourth-order valence-corrected chi connectivity index (χ4v) is 3.42. The average Bonchev–Trinajstić information content (AvgIpc) is 2.70. The van der Waals surface area contributed by atoms with E-state index < -0.39 is 5.60 Å². The van der Waals surface area contributed by atoms with Crippen LogP contribution in [0.25, 0.3) is 0 Å². The van der Waals surface area contributed by atoms with Gasteiger partial charge in [0.25, 0.3) is 0 Å². The van der Waals surface area contributed by atoms with Crippen LogP contribution in [-0.2, 0) is 4.74 Å². The number of hydrogen-bond donors (Lipinski definition) is 0. The normalized spacial score (nSPS) is 27.6. The second-order valence-electron chi connectivity index (χ2n) is 7.15. The minimum atomic E-state index is -0.447. The second-order valence-corrected chi connectivity index (χ2v) is 7.15. The molecule has 2 aliphatic rings. The lowest BCUT2D eigenvalue weighted by atomic mass is 10.0. The Kier molecular flexibility index (Phi) is 3.98. The number of ether oxygens (including phenoxy) is 2. The standard InChI is InChI=1S/C17H24N2O3/c1-17(2,3)22-16(20)19-12-7-8-13(19)11-14(10-12)21-15-6-4-5-9-18-15/h4-6,9,12-14H,7-8,10-11H2,1-3H3/t12-,13+,14?. The third-order valence-corrected chi connectivity index (χ3v) is 4.22. The molecule has 2 fully saturated rings. The van der Waals surface area contributed by atoms with Gasteiger partial charge in [-0.2, -0.15) is 0 Å². The van der Waals surface area contributed by atoms with Crippen molar-refractivity contribution in [3.63, 3.8) is 0 Å². The Morgan fingerprint density at radius 2 is 1.91 bits per heavy atom. The molecule has 2 bridgehead atoms. The first-order valence-corrected chi connectivity index (χ1v) is 8.01. The first-order valence-electron chi connectivity index (χ1n) is 8.01. The van der Waals surface area contributed by atoms with E-state index in [0.717, 1.165) is 25.7 Å². The quantitative estimate of drug-likeness (QED) is 0.840. The average molecular weight is 304 g/mol. The number of nitrogens with zero attached hydrogens (tertiary/aromatic N) is 2. The van der Waals surface area contributed by atoms with Gasteiger partial charge in [-0.15, -0.1) is 0 Å². The van der Waals surface area contributed by atoms with Crippen LogP contribution < -0.4 is 4.74 Å². The van der Waals surface area contributed by atoms with E-state index in [9.17, 15) is 4.79 Å². The molecule has 0 N–H and O–H groups in total. The molecule has 3 rings (SSSR count). The van der Waals surface area contributed by atoms with E-state index in [1.807, 2.05) is 43.9 Å². The molecule has 0 aromatic carbocycles. The Balaban J connectivity index is 1.63. The van der Waals surface area contributed by atoms with Gasteiger partial charge in [-0.1, -0.05) is 6.07 Å². The van der Waals surface area contributed by atoms with Crippen molar-refractivity contribution in [2.45, 2.75) is 70.2 Å². The molecular formula is C17H24N2O3. The molecule has 0 aliphatic carbocycles. The summed E-state index contributed by atoms with van der Waals surface area (Å²) in [6.07, 6.45) is 5.46. The van der Waals surface area contributed by atoms with E-state index in [2.05, 4.69) is 4.98 Å². The zero-order valence-electron chi connectivity index (χ0n) is 13.5. The van der Waals surface area contributed by atoms with Crippen LogP contribution in [0.1, 0.15) is 46.5 Å². The molecule has 1 unspecified atom stereocenters. The van der Waals surface area contributed by atoms with E-state index >= 15 is 0 Å². The van der Waals surface area contributed by atoms with Gasteiger partial charge >= 0.3 is 6.09 Å². The number of piperidine rings is 1. The van der Waals surface area contributed by atoms with Gasteiger partial charge < -0.3 is 14.4 Å². The first-order chi connectivity index (χ1) is 10.4. The van der Waals surface area contributed by atoms with Crippen molar-refractivity contribution in [1.82, 2.24) is 9.88 Å². The summed E-state index contributed by atoms with van der Waals surface area (Å²) in [5.41, 5.74) is -0.447. The smallest absolute Gasteiger partial charge is 0.410 e. The van der Waals surface area contributed by atoms with E-state index in [4.69, 9.17) is 9.47 Å². The molecule has 0 spiro atoms. The van der Waals surface area contributed by atoms with Crippen LogP contribution in [0, 0.1) is 0 Å². The van der Waals surface area contributed by atoms with Crippen molar-refractivity contribution in [2.75, 3.05) is 0 Å². The summed E-state index contributed by atoms with van der Waals surface area (Å²) in [5, 5.41) is 0. The predicted molar refractivity (Wildman–Crippen MR) is 82.8 cm³/mol. The van der Waals surface area contributed by atoms with Crippen molar-refractivity contribution in [1.29, 1.82) is 0 Å². The first kappa shape index (κ1) is 15.1. The molecule has 1 aromatic rings. The zero-order chi connectivity index (χ0) is 15.7. The van der Waals surface area contributed by atoms with E-state index in [1.54, 1.807) is 6.20 Å². The van der Waals surface area contributed by atoms with Crippen LogP contribution in [0.3, 0.4) is 0 Å². The third-order valence-electron chi connectivity index (χ3n) is 4.22. The number of carbonyl (C=O) groups excluding carboxylic acids is 1. The SMILES string of the molecule is CC(C)(C)OC(=O)N1[C@@H]2CC[C@H]1CC(Oc1ccccn1)C2. The molecule has 2 saturated heterocycles. The van der Waals surface area contributed by atoms with Gasteiger partial charge in [0.2, 0.25) is 5.88 Å². The minimum Gasteiger partial charge on any atom is -0.474 e. The van der Waals surface area contributed by atoms with Gasteiger partial charge in [-0.25, -0.2) is 9.78 Å². The molecule has 0 saturated carbocycles. The Bertz CT molecular complexity index is 512. The highest BCUT2D eigenvalue weighted by atomic mass is 16.6. The number of amides is 1. The Morgan fingerprint density at radius 1 is 1.23 bits per heavy atom. The van der Waals surface area contributed by atoms with Crippen LogP contribution in [0.4, 0.5) is 4.79 Å². The molecule has 0 radical (unpaired) electrons. The van der Waals surface area contributed by atoms with Gasteiger partial charge in [-0.3, -0.25) is 0 Å². The second kappa shape index (κ2) is 5.78. The monoisotopic (exact) mass is 304 g/mol. The largest absolute Gasteiger partial charge is 0.474 e. The summed E-state index contributed by atoms with van der Waals surface area (Å²) in [5.74, 6) is 0.664. The zero-order valence-corrected chi connectivity index (χ0v) is 13.5. The van der Waals surface area contributed by atoms with Crippen LogP contribution in [0.5, 0.6) is 5.88 Å². The predicted octanol–water partition coefficient (Wildman–Crippen LogP) is 3.39. The van der Waals surface area contributed by atoms with E-state index in [1.165, 1.54) is 0 Å². The Hall–Kier alpha value is -1.78. The van der Waals surface area contributed by atoms with Gasteiger partial charge in [0.05, 0.1) is 0 Å². The highest BCUT2D eigenvalue weighted by Gasteiger charge is 2.45. The molecule has 120 valence electrons. The van der Waals surface area contributed by atoms with Gasteiger partial charge in [0.15, 0.2) is 0 Å². The van der Waals surface area contributed by atoms with E-state index in [-0.39, 0.29) is 24.3 Å². The van der Waals surface area contributed by atoms with Crippen molar-refractivity contribution in [3.05, 3.63) is 24.4 Å². The number of rotatable bonds is 2. The summed E-state index contributed by atoms with van der Waals surface area (Å²) in [7, 11) is 0. The maximum absolute atomic E-state index is 12.4. The van der Waals surface area contributed by atoms with Crippen molar-refractivity contribution >= 4 is 6.09 Å². The molecular weight excluding hydrogens is 280 g/mol. The number of carbonyl (C=O) groups is 1. The summed E-state index contributed by atoms with van der Waals surface area (Å²) < 4.78 is 11.5. The van der Waals surface area contributed by atoms with Gasteiger partial charge in [0, 0.05) is 37.2 Å². The molecule has 3 heterocycles. The lowest BCUT2D eigenvalue weighted by Crippen LogP contribution is -2.50. The highest BCUT2D eigenvalue weighted by molar-refractivity contribution is 5.69. The highest BCUT2D eigenvalue weighted by Crippen LogP contribution is 2.38. The van der Waals surface area contributed by atoms with Gasteiger partial charge in [0.1, 0.15) is 11.7 Å². The maximum atomic E-state index is 12.4. The fourth-order valence-electron chi connectivity index (χ4n) is 3.42. The molecule has 2 aliphatic heterocycles. The lowest BCUT2D eigenvalue weighted by molar-refractivity contribution is -0.00759. The molecule has 5 heteroatoms. The van der Waals surface area contributed by atoms with E-state index in [0.29, 0.717) is 5.88 Å². The summed E-state index contributed by atoms with van der Waals surface area (Å²) in [6.45, 7) is 5.72. The summed E-state index contributed by atoms with van der Waals surface area (Å²) >= 11 is 0. The molecule has 1 aromatic heterocycles. The summed E-state index contributed by atoms with van der Waals surface area (Å²) in [4.78, 5) is 18.5. The Morgan fingerprint density at radius 3 is 2.45 bits per heavy atom. The topological polar surface area (TPSA) is 51.7 Å². The lowest BCUT2D eigenvalue weighted by Gasteiger charge is -2.39. The van der Waals surface area contributed by atoms with Crippen LogP contribution in [0.2, 0.25) is 0 Å². The van der Waals surface area contributed by atoms with Gasteiger partial charge in [-0.05, 0) is 39.7 Å². The molecule has 1 amide bonds. The fraction of sp³-hybridized carbons (Fsp3) is 0.647. The van der Waals surface area contributed by atoms with Crippen molar-refractivity contribution < 1.29 is 14.3 Å². The third kappa shape index (κ3) is 3.34. The van der Waals surface area contributed by atoms with Crippen molar-refractivity contribution in [2.24, 2.45) is 0 Å². The van der Waals surface area contributed by atoms with Crippen molar-refractivity contribution in [3.8, 4) is 5.88 Å². The Labute approximate surface area is 131 Å². The molecule has 5 nitrogen and oxygen atoms in total. The van der Waals surface area contributed by atoms with Crippen LogP contribution >= 0.6 is 0 Å². The van der Waals surface area contributed by atoms with Crippen LogP contribution in [0.15, 0.2) is 24.4 Å². The number of fused-ring (bicyclic) bond motifs is 2. The van der Waals surface area contributed by atoms with Crippen LogP contribution in [-0.4, -0.2) is 39.8 Å². The number of hydrogen-bond acceptors (Lipinski definition) is 4. The molecule has 3 atom stereocenters. The molecule has 22 heavy (non-hydrogen) atoms. The maximum Gasteiger partial charge on any atom is 0.410 e. The minimum absolute atomic E-state index is 0.131. The summed E-state index contributed by atoms with van der Waals surface area (Å²) in [6, 6.07) is 6.13. The number of pyridine rings is 1. The number of aromatic nitrogens is 1.